The maximum atomic E-state index is 12.9. The summed E-state index contributed by atoms with van der Waals surface area (Å²) >= 11 is 0. The Bertz CT molecular complexity index is 325. The van der Waals surface area contributed by atoms with Gasteiger partial charge in [0.2, 0.25) is 5.95 Å². The number of hydrogen-bond donors (Lipinski definition) is 0. The second-order valence-electron chi connectivity index (χ2n) is 2.52. The van der Waals surface area contributed by atoms with Crippen molar-refractivity contribution in [3.05, 3.63) is 29.3 Å². The average Bonchev–Trinajstić information content (AvgIpc) is 2.10. The summed E-state index contributed by atoms with van der Waals surface area (Å²) in [5.74, 6) is -1.23. The smallest absolute Gasteiger partial charge is 0.357 e. The lowest BCUT2D eigenvalue weighted by atomic mass is 10.3. The maximum Gasteiger partial charge on any atom is 0.357 e. The van der Waals surface area contributed by atoms with E-state index < -0.39 is 11.9 Å². The van der Waals surface area contributed by atoms with Gasteiger partial charge >= 0.3 is 5.97 Å². The Balaban J connectivity index is 2.90. The molecule has 0 aliphatic carbocycles. The van der Waals surface area contributed by atoms with E-state index in [1.165, 1.54) is 12.1 Å². The Labute approximate surface area is 75.6 Å². The first-order chi connectivity index (χ1) is 6.15. The largest absolute Gasteiger partial charge is 0.461 e. The van der Waals surface area contributed by atoms with E-state index in [9.17, 15) is 9.18 Å². The van der Waals surface area contributed by atoms with Gasteiger partial charge in [-0.05, 0) is 19.9 Å². The van der Waals surface area contributed by atoms with Crippen LogP contribution < -0.4 is 0 Å². The fraction of sp³-hybridized carbons (Fsp3) is 0.333. The van der Waals surface area contributed by atoms with Crippen LogP contribution in [0.1, 0.15) is 23.0 Å². The maximum absolute atomic E-state index is 12.9. The van der Waals surface area contributed by atoms with Crippen molar-refractivity contribution in [3.63, 3.8) is 0 Å². The van der Waals surface area contributed by atoms with Gasteiger partial charge in [-0.1, -0.05) is 6.07 Å². The Hall–Kier alpha value is -1.45. The van der Waals surface area contributed by atoms with Crippen molar-refractivity contribution in [2.75, 3.05) is 6.61 Å². The van der Waals surface area contributed by atoms with Crippen LogP contribution in [0.4, 0.5) is 4.39 Å². The molecule has 0 aromatic carbocycles. The monoisotopic (exact) mass is 183 g/mol. The molecule has 0 fully saturated rings. The first kappa shape index (κ1) is 9.64. The number of esters is 1. The molecule has 0 N–H and O–H groups in total. The van der Waals surface area contributed by atoms with E-state index in [2.05, 4.69) is 9.72 Å². The van der Waals surface area contributed by atoms with Gasteiger partial charge in [0.05, 0.1) is 6.61 Å². The molecule has 13 heavy (non-hydrogen) atoms. The predicted molar refractivity (Wildman–Crippen MR) is 44.9 cm³/mol. The predicted octanol–water partition coefficient (Wildman–Crippen LogP) is 1.71. The highest BCUT2D eigenvalue weighted by atomic mass is 19.1. The number of ether oxygens (including phenoxy) is 1. The number of halogens is 1. The highest BCUT2D eigenvalue weighted by Crippen LogP contribution is 2.05. The van der Waals surface area contributed by atoms with Gasteiger partial charge in [-0.15, -0.1) is 0 Å². The van der Waals surface area contributed by atoms with Crippen LogP contribution in [0.15, 0.2) is 12.1 Å². The van der Waals surface area contributed by atoms with Gasteiger partial charge in [0.25, 0.3) is 0 Å². The molecule has 0 unspecified atom stereocenters. The number of hydrogen-bond acceptors (Lipinski definition) is 3. The van der Waals surface area contributed by atoms with Gasteiger partial charge in [0.15, 0.2) is 5.69 Å². The third-order valence-corrected chi connectivity index (χ3v) is 1.52. The fourth-order valence-corrected chi connectivity index (χ4v) is 0.823. The lowest BCUT2D eigenvalue weighted by Crippen LogP contribution is -2.08. The van der Waals surface area contributed by atoms with Crippen molar-refractivity contribution in [2.45, 2.75) is 13.8 Å². The summed E-state index contributed by atoms with van der Waals surface area (Å²) in [6.45, 7) is 3.52. The Kier molecular flexibility index (Phi) is 2.95. The average molecular weight is 183 g/mol. The topological polar surface area (TPSA) is 39.2 Å². The lowest BCUT2D eigenvalue weighted by molar-refractivity contribution is 0.0518. The first-order valence-corrected chi connectivity index (χ1v) is 3.95. The van der Waals surface area contributed by atoms with Crippen LogP contribution in [0, 0.1) is 12.9 Å². The molecule has 0 bridgehead atoms. The van der Waals surface area contributed by atoms with E-state index in [1.807, 2.05) is 0 Å². The number of aromatic nitrogens is 1. The summed E-state index contributed by atoms with van der Waals surface area (Å²) in [6.07, 6.45) is 0. The van der Waals surface area contributed by atoms with Crippen molar-refractivity contribution < 1.29 is 13.9 Å². The Morgan fingerprint density at radius 1 is 1.62 bits per heavy atom. The number of pyridine rings is 1. The van der Waals surface area contributed by atoms with Crippen molar-refractivity contribution in [1.82, 2.24) is 4.98 Å². The molecule has 0 amide bonds. The highest BCUT2D eigenvalue weighted by Gasteiger charge is 2.09. The van der Waals surface area contributed by atoms with Crippen molar-refractivity contribution in [2.24, 2.45) is 0 Å². The minimum Gasteiger partial charge on any atom is -0.461 e. The van der Waals surface area contributed by atoms with Crippen LogP contribution in [-0.2, 0) is 4.74 Å². The molecule has 1 heterocycles. The standard InChI is InChI=1S/C9H10FNO2/c1-3-13-9(12)7-5-4-6(2)8(10)11-7/h4-5H,3H2,1-2H3. The third kappa shape index (κ3) is 2.24. The van der Waals surface area contributed by atoms with Crippen LogP contribution in [0.3, 0.4) is 0 Å². The molecule has 0 saturated carbocycles. The fourth-order valence-electron chi connectivity index (χ4n) is 0.823. The number of nitrogens with zero attached hydrogens (tertiary/aromatic N) is 1. The van der Waals surface area contributed by atoms with Gasteiger partial charge in [0.1, 0.15) is 0 Å². The van der Waals surface area contributed by atoms with Crippen LogP contribution in [0.2, 0.25) is 0 Å². The summed E-state index contributed by atoms with van der Waals surface area (Å²) in [6, 6.07) is 2.94. The molecule has 0 atom stereocenters. The van der Waals surface area contributed by atoms with E-state index in [0.717, 1.165) is 0 Å². The van der Waals surface area contributed by atoms with Crippen LogP contribution in [-0.4, -0.2) is 17.6 Å². The van der Waals surface area contributed by atoms with E-state index in [0.29, 0.717) is 5.56 Å². The van der Waals surface area contributed by atoms with Crippen molar-refractivity contribution >= 4 is 5.97 Å². The lowest BCUT2D eigenvalue weighted by Gasteiger charge is -2.01. The summed E-state index contributed by atoms with van der Waals surface area (Å²) in [5, 5.41) is 0. The molecule has 1 rings (SSSR count). The second kappa shape index (κ2) is 3.98. The minimum atomic E-state index is -0.634. The van der Waals surface area contributed by atoms with Crippen LogP contribution in [0.5, 0.6) is 0 Å². The number of aryl methyl sites for hydroxylation is 1. The molecule has 1 aromatic rings. The summed E-state index contributed by atoms with van der Waals surface area (Å²) < 4.78 is 17.5. The van der Waals surface area contributed by atoms with Gasteiger partial charge in [-0.25, -0.2) is 9.78 Å². The number of rotatable bonds is 2. The molecule has 3 nitrogen and oxygen atoms in total. The molecular weight excluding hydrogens is 173 g/mol. The Morgan fingerprint density at radius 2 is 2.31 bits per heavy atom. The van der Waals surface area contributed by atoms with Gasteiger partial charge in [-0.2, -0.15) is 4.39 Å². The molecule has 0 spiro atoms. The van der Waals surface area contributed by atoms with E-state index in [1.54, 1.807) is 13.8 Å². The van der Waals surface area contributed by atoms with E-state index >= 15 is 0 Å². The van der Waals surface area contributed by atoms with Crippen molar-refractivity contribution in [1.29, 1.82) is 0 Å². The van der Waals surface area contributed by atoms with Gasteiger partial charge in [-0.3, -0.25) is 0 Å². The Morgan fingerprint density at radius 3 is 2.85 bits per heavy atom. The summed E-state index contributed by atoms with van der Waals surface area (Å²) in [4.78, 5) is 14.5. The normalized spacial score (nSPS) is 9.77. The molecule has 0 saturated heterocycles. The summed E-state index contributed by atoms with van der Waals surface area (Å²) in [7, 11) is 0. The molecule has 1 aromatic heterocycles. The number of carbonyl (C=O) groups is 1. The molecule has 4 heteroatoms. The SMILES string of the molecule is CCOC(=O)c1ccc(C)c(F)n1. The quantitative estimate of drug-likeness (QED) is 0.517. The van der Waals surface area contributed by atoms with Gasteiger partial charge < -0.3 is 4.74 Å². The van der Waals surface area contributed by atoms with Crippen LogP contribution >= 0.6 is 0 Å². The second-order valence-corrected chi connectivity index (χ2v) is 2.52. The molecule has 0 aliphatic rings. The van der Waals surface area contributed by atoms with E-state index in [4.69, 9.17) is 0 Å². The van der Waals surface area contributed by atoms with Crippen molar-refractivity contribution in [3.8, 4) is 0 Å². The zero-order chi connectivity index (χ0) is 9.84. The molecular formula is C9H10FNO2. The zero-order valence-corrected chi connectivity index (χ0v) is 7.50. The van der Waals surface area contributed by atoms with Crippen LogP contribution in [0.25, 0.3) is 0 Å². The van der Waals surface area contributed by atoms with Gasteiger partial charge in [0, 0.05) is 5.56 Å². The third-order valence-electron chi connectivity index (χ3n) is 1.52. The minimum absolute atomic E-state index is 0.00458. The first-order valence-electron chi connectivity index (χ1n) is 3.95. The summed E-state index contributed by atoms with van der Waals surface area (Å²) in [5.41, 5.74) is 0.415. The van der Waals surface area contributed by atoms with E-state index in [-0.39, 0.29) is 12.3 Å². The highest BCUT2D eigenvalue weighted by molar-refractivity contribution is 5.87. The molecule has 70 valence electrons. The molecule has 0 aliphatic heterocycles. The molecule has 0 radical (unpaired) electrons. The zero-order valence-electron chi connectivity index (χ0n) is 7.50. The number of carbonyl (C=O) groups excluding carboxylic acids is 1.